The van der Waals surface area contributed by atoms with E-state index in [0.29, 0.717) is 18.7 Å². The topological polar surface area (TPSA) is 84.7 Å². The van der Waals surface area contributed by atoms with E-state index in [1.165, 1.54) is 0 Å². The van der Waals surface area contributed by atoms with Crippen molar-refractivity contribution in [3.8, 4) is 0 Å². The molecule has 1 aromatic heterocycles. The van der Waals surface area contributed by atoms with Gasteiger partial charge in [-0.15, -0.1) is 0 Å². The zero-order valence-corrected chi connectivity index (χ0v) is 12.8. The number of hydrogen-bond donors (Lipinski definition) is 1. The van der Waals surface area contributed by atoms with Gasteiger partial charge >= 0.3 is 5.97 Å². The summed E-state index contributed by atoms with van der Waals surface area (Å²) in [5.74, 6) is -0.763. The van der Waals surface area contributed by atoms with Gasteiger partial charge in [-0.2, -0.15) is 10.2 Å². The highest BCUT2D eigenvalue weighted by atomic mass is 16.6. The molecule has 23 heavy (non-hydrogen) atoms. The monoisotopic (exact) mass is 313 g/mol. The van der Waals surface area contributed by atoms with E-state index in [9.17, 15) is 4.79 Å². The van der Waals surface area contributed by atoms with E-state index in [0.717, 1.165) is 24.0 Å². The summed E-state index contributed by atoms with van der Waals surface area (Å²) in [6.45, 7) is 0.453. The van der Waals surface area contributed by atoms with Crippen LogP contribution in [0.15, 0.2) is 53.9 Å². The number of carbonyl (C=O) groups is 1. The lowest BCUT2D eigenvalue weighted by molar-refractivity contribution is -0.137. The molecule has 0 aliphatic rings. The number of benzene rings is 1. The molecule has 0 saturated heterocycles. The lowest BCUT2D eigenvalue weighted by atomic mass is 10.1. The van der Waals surface area contributed by atoms with E-state index in [-0.39, 0.29) is 6.42 Å². The van der Waals surface area contributed by atoms with Crippen molar-refractivity contribution in [1.82, 2.24) is 10.2 Å². The molecule has 2 rings (SSSR count). The quantitative estimate of drug-likeness (QED) is 0.437. The number of nitrogens with zero attached hydrogens (tertiary/aromatic N) is 3. The molecule has 0 aliphatic carbocycles. The number of aliphatic carboxylic acids is 1. The van der Waals surface area contributed by atoms with Crippen molar-refractivity contribution in [1.29, 1.82) is 0 Å². The predicted molar refractivity (Wildman–Crippen MR) is 86.2 cm³/mol. The molecule has 0 fully saturated rings. The van der Waals surface area contributed by atoms with Crippen LogP contribution >= 0.6 is 0 Å². The Bertz CT molecular complexity index is 589. The third kappa shape index (κ3) is 5.86. The highest BCUT2D eigenvalue weighted by Crippen LogP contribution is 2.10. The maximum absolute atomic E-state index is 10.4. The summed E-state index contributed by atoms with van der Waals surface area (Å²) in [4.78, 5) is 15.8. The zero-order valence-electron chi connectivity index (χ0n) is 12.8. The average Bonchev–Trinajstić information content (AvgIpc) is 2.59. The average molecular weight is 313 g/mol. The number of carboxylic acids is 1. The fourth-order valence-electron chi connectivity index (χ4n) is 2.03. The molecule has 0 radical (unpaired) electrons. The summed E-state index contributed by atoms with van der Waals surface area (Å²) in [7, 11) is 0. The van der Waals surface area contributed by atoms with Crippen molar-refractivity contribution in [3.63, 3.8) is 0 Å². The first-order valence-corrected chi connectivity index (χ1v) is 7.51. The maximum Gasteiger partial charge on any atom is 0.303 e. The lowest BCUT2D eigenvalue weighted by Crippen LogP contribution is -2.06. The minimum atomic E-state index is -0.763. The number of carboxylic acid groups (broad SMARTS) is 1. The summed E-state index contributed by atoms with van der Waals surface area (Å²) >= 11 is 0. The smallest absolute Gasteiger partial charge is 0.303 e. The highest BCUT2D eigenvalue weighted by molar-refractivity contribution is 6.12. The van der Waals surface area contributed by atoms with E-state index < -0.39 is 5.97 Å². The van der Waals surface area contributed by atoms with Crippen molar-refractivity contribution in [2.75, 3.05) is 6.61 Å². The molecule has 1 heterocycles. The molecule has 0 unspecified atom stereocenters. The van der Waals surface area contributed by atoms with Gasteiger partial charge in [0.05, 0.1) is 12.4 Å². The Morgan fingerprint density at radius 3 is 2.57 bits per heavy atom. The van der Waals surface area contributed by atoms with Gasteiger partial charge in [0, 0.05) is 17.5 Å². The Kier molecular flexibility index (Phi) is 6.71. The highest BCUT2D eigenvalue weighted by Gasteiger charge is 2.08. The molecule has 0 atom stereocenters. The second kappa shape index (κ2) is 9.30. The number of hydrogen-bond acceptors (Lipinski definition) is 5. The summed E-state index contributed by atoms with van der Waals surface area (Å²) in [5.41, 5.74) is 2.47. The number of aromatic nitrogens is 2. The predicted octanol–water partition coefficient (Wildman–Crippen LogP) is 2.89. The normalized spacial score (nSPS) is 11.2. The summed E-state index contributed by atoms with van der Waals surface area (Å²) in [6.07, 6.45) is 5.68. The standard InChI is InChI=1S/C17H19N3O3/c21-16(22)9-5-2-6-12-23-20-17(14-7-3-1-4-8-14)15-10-11-18-19-13-15/h1,3-4,7-8,10-11,13H,2,5-6,9,12H2,(H,21,22)/b20-17+. The van der Waals surface area contributed by atoms with E-state index >= 15 is 0 Å². The van der Waals surface area contributed by atoms with Crippen LogP contribution in [0, 0.1) is 0 Å². The maximum atomic E-state index is 10.4. The van der Waals surface area contributed by atoms with Crippen LogP contribution in [-0.4, -0.2) is 33.6 Å². The number of oxime groups is 1. The largest absolute Gasteiger partial charge is 0.481 e. The van der Waals surface area contributed by atoms with E-state index in [4.69, 9.17) is 9.94 Å². The molecule has 0 spiro atoms. The third-order valence-corrected chi connectivity index (χ3v) is 3.19. The van der Waals surface area contributed by atoms with Crippen molar-refractivity contribution in [2.45, 2.75) is 25.7 Å². The van der Waals surface area contributed by atoms with Crippen LogP contribution < -0.4 is 0 Å². The molecule has 0 aliphatic heterocycles. The third-order valence-electron chi connectivity index (χ3n) is 3.19. The summed E-state index contributed by atoms with van der Waals surface area (Å²) in [5, 5.41) is 20.5. The number of unbranched alkanes of at least 4 members (excludes halogenated alkanes) is 2. The molecule has 120 valence electrons. The summed E-state index contributed by atoms with van der Waals surface area (Å²) in [6, 6.07) is 11.5. The van der Waals surface area contributed by atoms with E-state index in [1.807, 2.05) is 36.4 Å². The van der Waals surface area contributed by atoms with Crippen LogP contribution in [0.25, 0.3) is 0 Å². The van der Waals surface area contributed by atoms with Gasteiger partial charge in [0.15, 0.2) is 0 Å². The van der Waals surface area contributed by atoms with Gasteiger partial charge in [0.25, 0.3) is 0 Å². The van der Waals surface area contributed by atoms with Crippen LogP contribution in [0.3, 0.4) is 0 Å². The van der Waals surface area contributed by atoms with Crippen molar-refractivity contribution < 1.29 is 14.7 Å². The fraction of sp³-hybridized carbons (Fsp3) is 0.294. The zero-order chi connectivity index (χ0) is 16.3. The molecule has 0 amide bonds. The first kappa shape index (κ1) is 16.6. The van der Waals surface area contributed by atoms with Gasteiger partial charge in [0.2, 0.25) is 0 Å². The van der Waals surface area contributed by atoms with E-state index in [1.54, 1.807) is 12.4 Å². The van der Waals surface area contributed by atoms with Crippen molar-refractivity contribution in [2.24, 2.45) is 5.16 Å². The van der Waals surface area contributed by atoms with Gasteiger partial charge in [0.1, 0.15) is 12.3 Å². The Morgan fingerprint density at radius 2 is 1.87 bits per heavy atom. The van der Waals surface area contributed by atoms with Crippen molar-refractivity contribution in [3.05, 3.63) is 59.9 Å². The van der Waals surface area contributed by atoms with Gasteiger partial charge in [-0.1, -0.05) is 35.5 Å². The van der Waals surface area contributed by atoms with E-state index in [2.05, 4.69) is 15.4 Å². The van der Waals surface area contributed by atoms with Gasteiger partial charge in [-0.05, 0) is 25.3 Å². The Hall–Kier alpha value is -2.76. The van der Waals surface area contributed by atoms with Gasteiger partial charge < -0.3 is 9.94 Å². The molecular weight excluding hydrogens is 294 g/mol. The van der Waals surface area contributed by atoms with Gasteiger partial charge in [-0.25, -0.2) is 0 Å². The van der Waals surface area contributed by atoms with Crippen molar-refractivity contribution >= 4 is 11.7 Å². The molecule has 0 saturated carbocycles. The molecule has 1 aromatic carbocycles. The summed E-state index contributed by atoms with van der Waals surface area (Å²) < 4.78 is 0. The second-order valence-electron chi connectivity index (χ2n) is 4.97. The minimum Gasteiger partial charge on any atom is -0.481 e. The fourth-order valence-corrected chi connectivity index (χ4v) is 2.03. The first-order chi connectivity index (χ1) is 11.3. The van der Waals surface area contributed by atoms with Gasteiger partial charge in [-0.3, -0.25) is 4.79 Å². The molecule has 6 nitrogen and oxygen atoms in total. The SMILES string of the molecule is O=C(O)CCCCCO/N=C(\c1ccccc1)c1ccnnc1. The second-order valence-corrected chi connectivity index (χ2v) is 4.97. The Morgan fingerprint density at radius 1 is 1.04 bits per heavy atom. The molecule has 1 N–H and O–H groups in total. The number of rotatable bonds is 9. The molecular formula is C17H19N3O3. The molecule has 6 heteroatoms. The first-order valence-electron chi connectivity index (χ1n) is 7.51. The molecule has 0 bridgehead atoms. The molecule has 2 aromatic rings. The van der Waals surface area contributed by atoms with Crippen LogP contribution in [0.1, 0.15) is 36.8 Å². The van der Waals surface area contributed by atoms with Crippen LogP contribution in [-0.2, 0) is 9.63 Å². The Labute approximate surface area is 134 Å². The Balaban J connectivity index is 1.94. The minimum absolute atomic E-state index is 0.196. The lowest BCUT2D eigenvalue weighted by Gasteiger charge is -2.06. The van der Waals surface area contributed by atoms with Crippen LogP contribution in [0.5, 0.6) is 0 Å². The van der Waals surface area contributed by atoms with Crippen LogP contribution in [0.2, 0.25) is 0 Å². The van der Waals surface area contributed by atoms with Crippen LogP contribution in [0.4, 0.5) is 0 Å².